The molecule has 0 bridgehead atoms. The number of nitrogens with zero attached hydrogens (tertiary/aromatic N) is 2. The molecule has 2 aliphatic rings. The van der Waals surface area contributed by atoms with Gasteiger partial charge in [0.1, 0.15) is 35.1 Å². The van der Waals surface area contributed by atoms with E-state index in [1.54, 1.807) is 66.1 Å². The van der Waals surface area contributed by atoms with Crippen molar-refractivity contribution in [2.45, 2.75) is 83.7 Å². The number of nitrogens with one attached hydrogen (secondary N) is 2. The zero-order valence-electron chi connectivity index (χ0n) is 22.8. The van der Waals surface area contributed by atoms with Crippen LogP contribution >= 0.6 is 0 Å². The van der Waals surface area contributed by atoms with E-state index in [0.29, 0.717) is 5.75 Å². The number of alkyl carbamates (subject to hydrolysis) is 1. The van der Waals surface area contributed by atoms with Crippen molar-refractivity contribution in [3.05, 3.63) is 37.2 Å². The van der Waals surface area contributed by atoms with E-state index < -0.39 is 64.5 Å². The number of aliphatic carboxylic acids is 1. The summed E-state index contributed by atoms with van der Waals surface area (Å²) in [5.74, 6) is -2.14. The largest absolute Gasteiger partial charge is 0.488 e. The fourth-order valence-corrected chi connectivity index (χ4v) is 4.54. The van der Waals surface area contributed by atoms with E-state index in [2.05, 4.69) is 22.2 Å². The van der Waals surface area contributed by atoms with Crippen molar-refractivity contribution in [3.8, 4) is 5.75 Å². The van der Waals surface area contributed by atoms with E-state index in [1.165, 1.54) is 11.0 Å². The predicted molar refractivity (Wildman–Crippen MR) is 138 cm³/mol. The monoisotopic (exact) mass is 530 g/mol. The number of rotatable bonds is 8. The van der Waals surface area contributed by atoms with Gasteiger partial charge in [-0.15, -0.1) is 6.58 Å². The minimum absolute atomic E-state index is 0.0623. The SMILES string of the molecule is C=CC1C[C@@]1(NC(=O)[C@@H]1C[C@@H](Oc2ccncc2)CN1C(=O)[C@@H](NC(=O)OC(C)(C)C)C(C)(C)C)C(=O)O. The van der Waals surface area contributed by atoms with E-state index in [-0.39, 0.29) is 19.4 Å². The first-order valence-corrected chi connectivity index (χ1v) is 12.6. The van der Waals surface area contributed by atoms with Gasteiger partial charge in [-0.05, 0) is 44.7 Å². The second-order valence-electron chi connectivity index (χ2n) is 11.9. The smallest absolute Gasteiger partial charge is 0.408 e. The molecule has 1 saturated heterocycles. The Bertz CT molecular complexity index is 1080. The van der Waals surface area contributed by atoms with Crippen molar-refractivity contribution in [1.82, 2.24) is 20.5 Å². The number of likely N-dealkylation sites (tertiary alicyclic amines) is 1. The Kier molecular flexibility index (Phi) is 8.09. The van der Waals surface area contributed by atoms with Crippen LogP contribution in [0, 0.1) is 11.3 Å². The molecule has 11 nitrogen and oxygen atoms in total. The summed E-state index contributed by atoms with van der Waals surface area (Å²) < 4.78 is 11.4. The molecule has 11 heteroatoms. The molecule has 2 heterocycles. The van der Waals surface area contributed by atoms with Gasteiger partial charge in [0.15, 0.2) is 0 Å². The molecule has 208 valence electrons. The fraction of sp³-hybridized carbons (Fsp3) is 0.593. The van der Waals surface area contributed by atoms with Crippen LogP contribution in [0.15, 0.2) is 37.2 Å². The van der Waals surface area contributed by atoms with Crippen molar-refractivity contribution in [1.29, 1.82) is 0 Å². The van der Waals surface area contributed by atoms with Crippen LogP contribution in [0.2, 0.25) is 0 Å². The van der Waals surface area contributed by atoms with Gasteiger partial charge in [0, 0.05) is 24.7 Å². The zero-order chi connectivity index (χ0) is 28.5. The fourth-order valence-electron chi connectivity index (χ4n) is 4.54. The van der Waals surface area contributed by atoms with Gasteiger partial charge < -0.3 is 30.1 Å². The Morgan fingerprint density at radius 2 is 1.82 bits per heavy atom. The number of carboxylic acid groups (broad SMARTS) is 1. The number of carboxylic acids is 1. The average Bonchev–Trinajstić information content (AvgIpc) is 3.36. The van der Waals surface area contributed by atoms with Crippen molar-refractivity contribution >= 4 is 23.9 Å². The lowest BCUT2D eigenvalue weighted by molar-refractivity contribution is -0.146. The summed E-state index contributed by atoms with van der Waals surface area (Å²) in [6, 6.07) is 1.30. The highest BCUT2D eigenvalue weighted by Crippen LogP contribution is 2.45. The van der Waals surface area contributed by atoms with Gasteiger partial charge in [-0.25, -0.2) is 9.59 Å². The first kappa shape index (κ1) is 28.9. The molecule has 0 spiro atoms. The number of carbonyl (C=O) groups is 4. The van der Waals surface area contributed by atoms with Gasteiger partial charge >= 0.3 is 12.1 Å². The minimum atomic E-state index is -1.45. The lowest BCUT2D eigenvalue weighted by Gasteiger charge is -2.35. The third-order valence-electron chi connectivity index (χ3n) is 6.60. The molecule has 1 saturated carbocycles. The van der Waals surface area contributed by atoms with Crippen molar-refractivity contribution in [2.24, 2.45) is 11.3 Å². The second-order valence-corrected chi connectivity index (χ2v) is 11.9. The maximum Gasteiger partial charge on any atom is 0.408 e. The van der Waals surface area contributed by atoms with Crippen molar-refractivity contribution in [3.63, 3.8) is 0 Å². The normalized spacial score (nSPS) is 25.6. The number of pyridine rings is 1. The van der Waals surface area contributed by atoms with Gasteiger partial charge in [0.05, 0.1) is 6.54 Å². The van der Waals surface area contributed by atoms with Crippen LogP contribution in [0.1, 0.15) is 54.4 Å². The third kappa shape index (κ3) is 6.62. The molecule has 1 aromatic heterocycles. The molecule has 0 aromatic carbocycles. The minimum Gasteiger partial charge on any atom is -0.488 e. The third-order valence-corrected chi connectivity index (χ3v) is 6.60. The van der Waals surface area contributed by atoms with E-state index in [9.17, 15) is 24.3 Å². The molecular weight excluding hydrogens is 492 g/mol. The van der Waals surface area contributed by atoms with Gasteiger partial charge in [0.2, 0.25) is 11.8 Å². The molecule has 0 radical (unpaired) electrons. The number of aromatic nitrogens is 1. The van der Waals surface area contributed by atoms with Crippen LogP contribution in [0.4, 0.5) is 4.79 Å². The number of hydrogen-bond acceptors (Lipinski definition) is 7. The highest BCUT2D eigenvalue weighted by molar-refractivity contribution is 5.96. The quantitative estimate of drug-likeness (QED) is 0.435. The first-order chi connectivity index (χ1) is 17.6. The molecule has 2 fully saturated rings. The Morgan fingerprint density at radius 1 is 1.18 bits per heavy atom. The summed E-state index contributed by atoms with van der Waals surface area (Å²) >= 11 is 0. The molecule has 5 atom stereocenters. The summed E-state index contributed by atoms with van der Waals surface area (Å²) in [6.07, 6.45) is 3.69. The number of hydrogen-bond donors (Lipinski definition) is 3. The van der Waals surface area contributed by atoms with Gasteiger partial charge in [-0.1, -0.05) is 26.8 Å². The van der Waals surface area contributed by atoms with Crippen LogP contribution in [0.5, 0.6) is 5.75 Å². The molecule has 1 aromatic rings. The van der Waals surface area contributed by atoms with Gasteiger partial charge in [-0.3, -0.25) is 14.6 Å². The van der Waals surface area contributed by atoms with Crippen LogP contribution < -0.4 is 15.4 Å². The van der Waals surface area contributed by atoms with Gasteiger partial charge in [0.25, 0.3) is 0 Å². The highest BCUT2D eigenvalue weighted by atomic mass is 16.6. The molecule has 1 aliphatic heterocycles. The number of carbonyl (C=O) groups excluding carboxylic acids is 3. The lowest BCUT2D eigenvalue weighted by atomic mass is 9.85. The maximum absolute atomic E-state index is 13.9. The summed E-state index contributed by atoms with van der Waals surface area (Å²) in [6.45, 7) is 14.2. The van der Waals surface area contributed by atoms with Crippen molar-refractivity contribution < 1.29 is 33.8 Å². The van der Waals surface area contributed by atoms with E-state index in [0.717, 1.165) is 0 Å². The van der Waals surface area contributed by atoms with Crippen LogP contribution in [0.25, 0.3) is 0 Å². The molecule has 3 N–H and O–H groups in total. The predicted octanol–water partition coefficient (Wildman–Crippen LogP) is 2.51. The molecule has 1 aliphatic carbocycles. The number of ether oxygens (including phenoxy) is 2. The molecule has 3 rings (SSSR count). The summed E-state index contributed by atoms with van der Waals surface area (Å²) in [5.41, 5.74) is -2.95. The maximum atomic E-state index is 13.9. The Hall–Kier alpha value is -3.63. The summed E-state index contributed by atoms with van der Waals surface area (Å²) in [7, 11) is 0. The Morgan fingerprint density at radius 3 is 2.32 bits per heavy atom. The van der Waals surface area contributed by atoms with E-state index >= 15 is 0 Å². The zero-order valence-corrected chi connectivity index (χ0v) is 22.8. The topological polar surface area (TPSA) is 147 Å². The highest BCUT2D eigenvalue weighted by Gasteiger charge is 2.61. The molecular formula is C27H38N4O7. The number of amides is 3. The molecule has 38 heavy (non-hydrogen) atoms. The Balaban J connectivity index is 1.87. The van der Waals surface area contributed by atoms with Crippen LogP contribution in [-0.4, -0.2) is 74.7 Å². The summed E-state index contributed by atoms with van der Waals surface area (Å²) in [4.78, 5) is 57.3. The second kappa shape index (κ2) is 10.6. The Labute approximate surface area is 223 Å². The average molecular weight is 531 g/mol. The molecule has 3 amide bonds. The summed E-state index contributed by atoms with van der Waals surface area (Å²) in [5, 5.41) is 15.1. The van der Waals surface area contributed by atoms with Crippen molar-refractivity contribution in [2.75, 3.05) is 6.54 Å². The van der Waals surface area contributed by atoms with Crippen LogP contribution in [-0.2, 0) is 19.1 Å². The van der Waals surface area contributed by atoms with Crippen LogP contribution in [0.3, 0.4) is 0 Å². The van der Waals surface area contributed by atoms with Gasteiger partial charge in [-0.2, -0.15) is 0 Å². The molecule has 1 unspecified atom stereocenters. The van der Waals surface area contributed by atoms with E-state index in [1.807, 2.05) is 0 Å². The first-order valence-electron chi connectivity index (χ1n) is 12.6. The standard InChI is InChI=1S/C27H38N4O7/c1-8-16-14-27(16,23(34)35)30-21(32)19-13-18(37-17-9-11-28-12-10-17)15-31(19)22(33)20(25(2,3)4)29-24(36)38-26(5,6)7/h8-12,16,18-20H,1,13-15H2,2-7H3,(H,29,36)(H,30,32)(H,34,35)/t16?,18-,19+,20-,27+/m1/s1. The lowest BCUT2D eigenvalue weighted by Crippen LogP contribution is -2.59. The van der Waals surface area contributed by atoms with E-state index in [4.69, 9.17) is 9.47 Å².